The fraction of sp³-hybridized carbons (Fsp3) is 0.733. The van der Waals surface area contributed by atoms with Gasteiger partial charge in [-0.3, -0.25) is 9.48 Å². The van der Waals surface area contributed by atoms with Crippen molar-refractivity contribution in [1.29, 1.82) is 0 Å². The second-order valence-electron chi connectivity index (χ2n) is 6.36. The second-order valence-corrected chi connectivity index (χ2v) is 6.74. The number of aliphatic hydroxyl groups excluding tert-OH is 1. The Bertz CT molecular complexity index is 581. The van der Waals surface area contributed by atoms with Crippen molar-refractivity contribution in [2.24, 2.45) is 5.41 Å². The lowest BCUT2D eigenvalue weighted by atomic mass is 9.58. The van der Waals surface area contributed by atoms with E-state index in [1.807, 2.05) is 13.8 Å². The third kappa shape index (κ3) is 2.53. The first-order valence-electron chi connectivity index (χ1n) is 7.69. The van der Waals surface area contributed by atoms with Gasteiger partial charge in [0.05, 0.1) is 22.5 Å². The third-order valence-electron chi connectivity index (χ3n) is 5.16. The summed E-state index contributed by atoms with van der Waals surface area (Å²) >= 11 is 6.10. The Morgan fingerprint density at radius 3 is 2.73 bits per heavy atom. The molecule has 2 N–H and O–H groups in total. The van der Waals surface area contributed by atoms with Crippen molar-refractivity contribution in [3.05, 3.63) is 16.4 Å². The molecule has 2 atom stereocenters. The molecule has 0 unspecified atom stereocenters. The van der Waals surface area contributed by atoms with Gasteiger partial charge in [0.25, 0.3) is 0 Å². The Morgan fingerprint density at radius 1 is 1.50 bits per heavy atom. The van der Waals surface area contributed by atoms with Gasteiger partial charge in [-0.2, -0.15) is 5.10 Å². The number of nitrogens with zero attached hydrogens (tertiary/aromatic N) is 2. The molecular formula is C15H22ClN3O3. The highest BCUT2D eigenvalue weighted by Gasteiger charge is 2.55. The molecule has 0 aromatic carbocycles. The standard InChI is InChI=1S/C15H22ClN3O3/c1-9-14(16)10(2)19(18-9)8-13(21)17-11-7-12(20)15(11)3-5-22-6-4-15/h11-12,20H,3-8H2,1-2H3,(H,17,21)/t11-,12-/m1/s1. The number of aromatic nitrogens is 2. The number of carbonyl (C=O) groups excluding carboxylic acids is 1. The summed E-state index contributed by atoms with van der Waals surface area (Å²) in [6.45, 7) is 5.12. The molecule has 3 rings (SSSR count). The number of ether oxygens (including phenoxy) is 1. The molecule has 2 fully saturated rings. The highest BCUT2D eigenvalue weighted by molar-refractivity contribution is 6.31. The lowest BCUT2D eigenvalue weighted by molar-refractivity contribution is -0.156. The number of aryl methyl sites for hydroxylation is 1. The van der Waals surface area contributed by atoms with Crippen LogP contribution in [0.4, 0.5) is 0 Å². The summed E-state index contributed by atoms with van der Waals surface area (Å²) in [6, 6.07) is 0.0198. The fourth-order valence-electron chi connectivity index (χ4n) is 3.61. The smallest absolute Gasteiger partial charge is 0.241 e. The number of aliphatic hydroxyl groups is 1. The quantitative estimate of drug-likeness (QED) is 0.874. The molecule has 1 spiro atoms. The molecule has 1 saturated heterocycles. The van der Waals surface area contributed by atoms with Gasteiger partial charge >= 0.3 is 0 Å². The van der Waals surface area contributed by atoms with Crippen molar-refractivity contribution in [3.63, 3.8) is 0 Å². The van der Waals surface area contributed by atoms with Crippen LogP contribution in [-0.2, 0) is 16.1 Å². The molecule has 1 aromatic rings. The van der Waals surface area contributed by atoms with Gasteiger partial charge in [-0.05, 0) is 33.1 Å². The molecule has 22 heavy (non-hydrogen) atoms. The minimum absolute atomic E-state index is 0.0198. The normalized spacial score (nSPS) is 26.7. The Kier molecular flexibility index (Phi) is 4.18. The zero-order valence-corrected chi connectivity index (χ0v) is 13.7. The number of hydrogen-bond acceptors (Lipinski definition) is 4. The summed E-state index contributed by atoms with van der Waals surface area (Å²) < 4.78 is 7.00. The van der Waals surface area contributed by atoms with Crippen LogP contribution in [0.15, 0.2) is 0 Å². The van der Waals surface area contributed by atoms with E-state index in [0.717, 1.165) is 24.2 Å². The van der Waals surface area contributed by atoms with Crippen LogP contribution in [0.1, 0.15) is 30.7 Å². The minimum atomic E-state index is -0.343. The Morgan fingerprint density at radius 2 is 2.18 bits per heavy atom. The summed E-state index contributed by atoms with van der Waals surface area (Å²) in [6.07, 6.45) is 1.86. The van der Waals surface area contributed by atoms with Crippen LogP contribution in [0.2, 0.25) is 5.02 Å². The summed E-state index contributed by atoms with van der Waals surface area (Å²) in [4.78, 5) is 12.3. The van der Waals surface area contributed by atoms with Crippen molar-refractivity contribution >= 4 is 17.5 Å². The molecule has 1 aliphatic heterocycles. The first kappa shape index (κ1) is 15.8. The van der Waals surface area contributed by atoms with Crippen molar-refractivity contribution in [1.82, 2.24) is 15.1 Å². The highest BCUT2D eigenvalue weighted by Crippen LogP contribution is 2.48. The van der Waals surface area contributed by atoms with Crippen molar-refractivity contribution in [2.75, 3.05) is 13.2 Å². The summed E-state index contributed by atoms with van der Waals surface area (Å²) in [5.41, 5.74) is 1.32. The number of nitrogens with one attached hydrogen (secondary N) is 1. The number of halogens is 1. The Balaban J connectivity index is 1.63. The maximum atomic E-state index is 12.3. The molecule has 1 amide bonds. The van der Waals surface area contributed by atoms with E-state index >= 15 is 0 Å². The lowest BCUT2D eigenvalue weighted by Gasteiger charge is -2.55. The Hall–Kier alpha value is -1.11. The molecule has 0 bridgehead atoms. The summed E-state index contributed by atoms with van der Waals surface area (Å²) in [7, 11) is 0. The molecular weight excluding hydrogens is 306 g/mol. The predicted molar refractivity (Wildman–Crippen MR) is 81.8 cm³/mol. The minimum Gasteiger partial charge on any atom is -0.392 e. The number of carbonyl (C=O) groups is 1. The van der Waals surface area contributed by atoms with E-state index in [9.17, 15) is 9.90 Å². The van der Waals surface area contributed by atoms with E-state index in [0.29, 0.717) is 24.7 Å². The van der Waals surface area contributed by atoms with Gasteiger partial charge in [-0.25, -0.2) is 0 Å². The van der Waals surface area contributed by atoms with Crippen molar-refractivity contribution in [3.8, 4) is 0 Å². The van der Waals surface area contributed by atoms with Crippen LogP contribution in [0.3, 0.4) is 0 Å². The zero-order chi connectivity index (χ0) is 15.9. The van der Waals surface area contributed by atoms with E-state index in [4.69, 9.17) is 16.3 Å². The van der Waals surface area contributed by atoms with Crippen LogP contribution >= 0.6 is 11.6 Å². The molecule has 2 heterocycles. The largest absolute Gasteiger partial charge is 0.392 e. The van der Waals surface area contributed by atoms with Gasteiger partial charge in [0, 0.05) is 24.7 Å². The first-order chi connectivity index (χ1) is 10.4. The Labute approximate surface area is 134 Å². The molecule has 1 saturated carbocycles. The average molecular weight is 328 g/mol. The molecule has 7 heteroatoms. The van der Waals surface area contributed by atoms with E-state index in [2.05, 4.69) is 10.4 Å². The van der Waals surface area contributed by atoms with E-state index in [1.54, 1.807) is 4.68 Å². The van der Waals surface area contributed by atoms with Crippen molar-refractivity contribution < 1.29 is 14.6 Å². The molecule has 122 valence electrons. The zero-order valence-electron chi connectivity index (χ0n) is 12.9. The second kappa shape index (κ2) is 5.83. The summed E-state index contributed by atoms with van der Waals surface area (Å²) in [5, 5.41) is 18.1. The van der Waals surface area contributed by atoms with Crippen molar-refractivity contribution in [2.45, 2.75) is 51.8 Å². The number of hydrogen-bond donors (Lipinski definition) is 2. The maximum absolute atomic E-state index is 12.3. The molecule has 6 nitrogen and oxygen atoms in total. The van der Waals surface area contributed by atoms with Crippen LogP contribution in [-0.4, -0.2) is 46.2 Å². The molecule has 0 radical (unpaired) electrons. The maximum Gasteiger partial charge on any atom is 0.241 e. The average Bonchev–Trinajstić information content (AvgIpc) is 2.75. The SMILES string of the molecule is Cc1nn(CC(=O)N[C@@H]2C[C@@H](O)C23CCOCC3)c(C)c1Cl. The van der Waals surface area contributed by atoms with Gasteiger partial charge in [0.2, 0.25) is 5.91 Å². The van der Waals surface area contributed by atoms with Gasteiger partial charge in [-0.1, -0.05) is 11.6 Å². The fourth-order valence-corrected chi connectivity index (χ4v) is 3.74. The van der Waals surface area contributed by atoms with E-state index < -0.39 is 0 Å². The van der Waals surface area contributed by atoms with Gasteiger partial charge in [-0.15, -0.1) is 0 Å². The third-order valence-corrected chi connectivity index (χ3v) is 5.71. The predicted octanol–water partition coefficient (Wildman–Crippen LogP) is 1.20. The summed E-state index contributed by atoms with van der Waals surface area (Å²) in [5.74, 6) is -0.0926. The monoisotopic (exact) mass is 327 g/mol. The van der Waals surface area contributed by atoms with Gasteiger partial charge in [0.1, 0.15) is 6.54 Å². The first-order valence-corrected chi connectivity index (χ1v) is 8.06. The lowest BCUT2D eigenvalue weighted by Crippen LogP contribution is -2.65. The van der Waals surface area contributed by atoms with Crippen LogP contribution < -0.4 is 5.32 Å². The molecule has 1 aromatic heterocycles. The number of rotatable bonds is 3. The van der Waals surface area contributed by atoms with Gasteiger partial charge in [0.15, 0.2) is 0 Å². The van der Waals surface area contributed by atoms with Crippen LogP contribution in [0.25, 0.3) is 0 Å². The highest BCUT2D eigenvalue weighted by atomic mass is 35.5. The number of amides is 1. The van der Waals surface area contributed by atoms with E-state index in [1.165, 1.54) is 0 Å². The molecule has 1 aliphatic carbocycles. The topological polar surface area (TPSA) is 76.4 Å². The molecule has 2 aliphatic rings. The van der Waals surface area contributed by atoms with Crippen LogP contribution in [0, 0.1) is 19.3 Å². The van der Waals surface area contributed by atoms with E-state index in [-0.39, 0.29) is 30.0 Å². The van der Waals surface area contributed by atoms with Crippen LogP contribution in [0.5, 0.6) is 0 Å². The van der Waals surface area contributed by atoms with Gasteiger partial charge < -0.3 is 15.2 Å².